The van der Waals surface area contributed by atoms with Gasteiger partial charge in [0.15, 0.2) is 0 Å². The molecule has 0 bridgehead atoms. The number of piperidine rings is 1. The fourth-order valence-corrected chi connectivity index (χ4v) is 2.88. The Balaban J connectivity index is 1.79. The van der Waals surface area contributed by atoms with Gasteiger partial charge in [-0.2, -0.15) is 0 Å². The Bertz CT molecular complexity index is 263. The molecule has 0 aromatic rings. The number of amides is 1. The topological polar surface area (TPSA) is 23.6 Å². The van der Waals surface area contributed by atoms with E-state index < -0.39 is 0 Å². The molecule has 2 aliphatic rings. The van der Waals surface area contributed by atoms with E-state index in [-0.39, 0.29) is 0 Å². The molecule has 1 aliphatic heterocycles. The SMILES string of the molecule is CC[C@H]1CCCCN1C(=O)CN(C)CC1CC1. The molecule has 0 aromatic carbocycles. The van der Waals surface area contributed by atoms with Gasteiger partial charge in [-0.25, -0.2) is 0 Å². The summed E-state index contributed by atoms with van der Waals surface area (Å²) >= 11 is 0. The molecule has 1 saturated heterocycles. The van der Waals surface area contributed by atoms with E-state index >= 15 is 0 Å². The average molecular weight is 238 g/mol. The normalized spacial score (nSPS) is 25.4. The second-order valence-electron chi connectivity index (χ2n) is 5.79. The van der Waals surface area contributed by atoms with Crippen LogP contribution >= 0.6 is 0 Å². The van der Waals surface area contributed by atoms with E-state index in [1.165, 1.54) is 32.1 Å². The molecule has 0 aromatic heterocycles. The molecule has 0 unspecified atom stereocenters. The molecular formula is C14H26N2O. The summed E-state index contributed by atoms with van der Waals surface area (Å²) in [7, 11) is 2.08. The molecule has 17 heavy (non-hydrogen) atoms. The van der Waals surface area contributed by atoms with Gasteiger partial charge in [0.05, 0.1) is 6.54 Å². The standard InChI is InChI=1S/C14H26N2O/c1-3-13-6-4-5-9-16(13)14(17)11-15(2)10-12-7-8-12/h12-13H,3-11H2,1-2H3/t13-/m0/s1. The highest BCUT2D eigenvalue weighted by molar-refractivity contribution is 5.78. The van der Waals surface area contributed by atoms with Crippen LogP contribution in [0.3, 0.4) is 0 Å². The van der Waals surface area contributed by atoms with Gasteiger partial charge in [0, 0.05) is 19.1 Å². The highest BCUT2D eigenvalue weighted by Crippen LogP contribution is 2.29. The van der Waals surface area contributed by atoms with Crippen LogP contribution in [0.4, 0.5) is 0 Å². The maximum absolute atomic E-state index is 12.3. The summed E-state index contributed by atoms with van der Waals surface area (Å²) in [4.78, 5) is 16.6. The lowest BCUT2D eigenvalue weighted by Crippen LogP contribution is -2.47. The Morgan fingerprint density at radius 3 is 2.71 bits per heavy atom. The second kappa shape index (κ2) is 5.85. The maximum Gasteiger partial charge on any atom is 0.236 e. The van der Waals surface area contributed by atoms with Crippen LogP contribution in [0.15, 0.2) is 0 Å². The molecule has 0 spiro atoms. The smallest absolute Gasteiger partial charge is 0.236 e. The number of likely N-dealkylation sites (N-methyl/N-ethyl adjacent to an activating group) is 1. The fraction of sp³-hybridized carbons (Fsp3) is 0.929. The Labute approximate surface area is 105 Å². The number of hydrogen-bond donors (Lipinski definition) is 0. The Kier molecular flexibility index (Phi) is 4.43. The van der Waals surface area contributed by atoms with Crippen LogP contribution in [0.1, 0.15) is 45.4 Å². The first-order valence-corrected chi connectivity index (χ1v) is 7.18. The molecule has 3 nitrogen and oxygen atoms in total. The van der Waals surface area contributed by atoms with E-state index in [2.05, 4.69) is 23.8 Å². The lowest BCUT2D eigenvalue weighted by molar-refractivity contribution is -0.135. The van der Waals surface area contributed by atoms with Crippen LogP contribution in [0.5, 0.6) is 0 Å². The zero-order valence-corrected chi connectivity index (χ0v) is 11.3. The van der Waals surface area contributed by atoms with Crippen molar-refractivity contribution in [3.05, 3.63) is 0 Å². The third kappa shape index (κ3) is 3.70. The Morgan fingerprint density at radius 2 is 2.06 bits per heavy atom. The van der Waals surface area contributed by atoms with Crippen molar-refractivity contribution in [2.45, 2.75) is 51.5 Å². The van der Waals surface area contributed by atoms with Crippen molar-refractivity contribution in [1.82, 2.24) is 9.80 Å². The van der Waals surface area contributed by atoms with Crippen molar-refractivity contribution in [3.63, 3.8) is 0 Å². The van der Waals surface area contributed by atoms with E-state index in [9.17, 15) is 4.79 Å². The number of likely N-dealkylation sites (tertiary alicyclic amines) is 1. The van der Waals surface area contributed by atoms with Gasteiger partial charge in [-0.1, -0.05) is 6.92 Å². The van der Waals surface area contributed by atoms with Crippen LogP contribution < -0.4 is 0 Å². The van der Waals surface area contributed by atoms with Crippen LogP contribution in [-0.2, 0) is 4.79 Å². The molecule has 0 radical (unpaired) electrons. The first kappa shape index (κ1) is 12.9. The van der Waals surface area contributed by atoms with Crippen LogP contribution in [0, 0.1) is 5.92 Å². The van der Waals surface area contributed by atoms with Gasteiger partial charge in [0.1, 0.15) is 0 Å². The van der Waals surface area contributed by atoms with Crippen molar-refractivity contribution < 1.29 is 4.79 Å². The van der Waals surface area contributed by atoms with Crippen LogP contribution in [-0.4, -0.2) is 48.4 Å². The number of hydrogen-bond acceptors (Lipinski definition) is 2. The summed E-state index contributed by atoms with van der Waals surface area (Å²) in [6, 6.07) is 0.505. The zero-order valence-electron chi connectivity index (χ0n) is 11.3. The third-order valence-electron chi connectivity index (χ3n) is 4.09. The largest absolute Gasteiger partial charge is 0.339 e. The highest BCUT2D eigenvalue weighted by atomic mass is 16.2. The summed E-state index contributed by atoms with van der Waals surface area (Å²) in [6.07, 6.45) is 7.51. The molecule has 2 fully saturated rings. The van der Waals surface area contributed by atoms with E-state index in [0.29, 0.717) is 18.5 Å². The van der Waals surface area contributed by atoms with Crippen molar-refractivity contribution in [3.8, 4) is 0 Å². The van der Waals surface area contributed by atoms with Crippen molar-refractivity contribution in [2.24, 2.45) is 5.92 Å². The summed E-state index contributed by atoms with van der Waals surface area (Å²) in [6.45, 7) is 4.90. The zero-order chi connectivity index (χ0) is 12.3. The Morgan fingerprint density at radius 1 is 1.29 bits per heavy atom. The Hall–Kier alpha value is -0.570. The molecule has 1 atom stereocenters. The summed E-state index contributed by atoms with van der Waals surface area (Å²) in [5, 5.41) is 0. The first-order valence-electron chi connectivity index (χ1n) is 7.18. The molecule has 98 valence electrons. The molecule has 1 aliphatic carbocycles. The minimum atomic E-state index is 0.347. The predicted molar refractivity (Wildman–Crippen MR) is 69.9 cm³/mol. The summed E-state index contributed by atoms with van der Waals surface area (Å²) in [5.41, 5.74) is 0. The van der Waals surface area contributed by atoms with Gasteiger partial charge in [-0.15, -0.1) is 0 Å². The summed E-state index contributed by atoms with van der Waals surface area (Å²) in [5.74, 6) is 1.22. The molecule has 1 amide bonds. The molecule has 3 heteroatoms. The lowest BCUT2D eigenvalue weighted by Gasteiger charge is -2.36. The number of rotatable bonds is 5. The van der Waals surface area contributed by atoms with Gasteiger partial charge >= 0.3 is 0 Å². The summed E-state index contributed by atoms with van der Waals surface area (Å²) < 4.78 is 0. The van der Waals surface area contributed by atoms with Gasteiger partial charge in [0.2, 0.25) is 5.91 Å². The van der Waals surface area contributed by atoms with Crippen molar-refractivity contribution in [2.75, 3.05) is 26.7 Å². The average Bonchev–Trinajstić information content (AvgIpc) is 3.12. The van der Waals surface area contributed by atoms with E-state index in [4.69, 9.17) is 0 Å². The molecule has 2 rings (SSSR count). The minimum Gasteiger partial charge on any atom is -0.339 e. The minimum absolute atomic E-state index is 0.347. The number of carbonyl (C=O) groups is 1. The highest BCUT2D eigenvalue weighted by Gasteiger charge is 2.27. The molecule has 0 N–H and O–H groups in total. The monoisotopic (exact) mass is 238 g/mol. The van der Waals surface area contributed by atoms with Gasteiger partial charge in [-0.05, 0) is 51.5 Å². The molecule has 1 saturated carbocycles. The van der Waals surface area contributed by atoms with Crippen molar-refractivity contribution >= 4 is 5.91 Å². The van der Waals surface area contributed by atoms with Gasteiger partial charge in [-0.3, -0.25) is 9.69 Å². The van der Waals surface area contributed by atoms with Crippen molar-refractivity contribution in [1.29, 1.82) is 0 Å². The van der Waals surface area contributed by atoms with E-state index in [1.807, 2.05) is 0 Å². The molecular weight excluding hydrogens is 212 g/mol. The molecule has 1 heterocycles. The van der Waals surface area contributed by atoms with Crippen LogP contribution in [0.25, 0.3) is 0 Å². The van der Waals surface area contributed by atoms with Gasteiger partial charge in [0.25, 0.3) is 0 Å². The predicted octanol–water partition coefficient (Wildman–Crippen LogP) is 2.12. The number of carbonyl (C=O) groups excluding carboxylic acids is 1. The quantitative estimate of drug-likeness (QED) is 0.732. The third-order valence-corrected chi connectivity index (χ3v) is 4.09. The maximum atomic E-state index is 12.3. The van der Waals surface area contributed by atoms with E-state index in [0.717, 1.165) is 25.4 Å². The number of nitrogens with zero attached hydrogens (tertiary/aromatic N) is 2. The van der Waals surface area contributed by atoms with E-state index in [1.54, 1.807) is 0 Å². The first-order chi connectivity index (χ1) is 8.20. The lowest BCUT2D eigenvalue weighted by atomic mass is 10.00. The van der Waals surface area contributed by atoms with Gasteiger partial charge < -0.3 is 4.90 Å². The van der Waals surface area contributed by atoms with Crippen LogP contribution in [0.2, 0.25) is 0 Å². The fourth-order valence-electron chi connectivity index (χ4n) is 2.88. The second-order valence-corrected chi connectivity index (χ2v) is 5.79.